The Balaban J connectivity index is 1.90. The van der Waals surface area contributed by atoms with E-state index in [-0.39, 0.29) is 18.0 Å². The van der Waals surface area contributed by atoms with Gasteiger partial charge in [-0.3, -0.25) is 0 Å². The first-order chi connectivity index (χ1) is 9.63. The van der Waals surface area contributed by atoms with E-state index in [1.807, 2.05) is 11.8 Å². The summed E-state index contributed by atoms with van der Waals surface area (Å²) in [6.45, 7) is 3.34. The lowest BCUT2D eigenvalue weighted by atomic mass is 9.96. The van der Waals surface area contributed by atoms with E-state index >= 15 is 0 Å². The molecule has 1 aliphatic heterocycles. The normalized spacial score (nSPS) is 23.0. The maximum absolute atomic E-state index is 9.97. The highest BCUT2D eigenvalue weighted by atomic mass is 16.3. The maximum Gasteiger partial charge on any atom is 0.257 e. The Morgan fingerprint density at radius 1 is 1.30 bits per heavy atom. The predicted molar refractivity (Wildman–Crippen MR) is 73.4 cm³/mol. The molecule has 8 heteroatoms. The molecule has 0 amide bonds. The molecule has 0 bridgehead atoms. The van der Waals surface area contributed by atoms with Gasteiger partial charge in [0, 0.05) is 25.5 Å². The lowest BCUT2D eigenvalue weighted by molar-refractivity contribution is 0.102. The summed E-state index contributed by atoms with van der Waals surface area (Å²) in [5.74, 6) is 1.30. The molecule has 2 atom stereocenters. The average Bonchev–Trinajstić information content (AvgIpc) is 2.95. The fraction of sp³-hybridized carbons (Fsp3) is 0.500. The first-order valence-corrected chi connectivity index (χ1v) is 6.58. The lowest BCUT2D eigenvalue weighted by Gasteiger charge is -2.34. The first-order valence-electron chi connectivity index (χ1n) is 6.58. The Hall–Kier alpha value is -2.22. The number of aliphatic hydroxyl groups excluding tert-OH is 1. The van der Waals surface area contributed by atoms with Crippen molar-refractivity contribution in [3.63, 3.8) is 0 Å². The fourth-order valence-corrected chi connectivity index (χ4v) is 2.23. The number of nitrogens with zero attached hydrogens (tertiary/aromatic N) is 6. The maximum atomic E-state index is 9.97. The molecule has 0 saturated carbocycles. The predicted octanol–water partition coefficient (Wildman–Crippen LogP) is -0.153. The summed E-state index contributed by atoms with van der Waals surface area (Å²) in [7, 11) is 0. The second kappa shape index (κ2) is 5.04. The van der Waals surface area contributed by atoms with Crippen LogP contribution < -0.4 is 10.6 Å². The van der Waals surface area contributed by atoms with Gasteiger partial charge in [-0.15, -0.1) is 0 Å². The van der Waals surface area contributed by atoms with Gasteiger partial charge in [0.15, 0.2) is 0 Å². The summed E-state index contributed by atoms with van der Waals surface area (Å²) in [6, 6.07) is 1.78. The molecule has 3 rings (SSSR count). The first kappa shape index (κ1) is 12.8. The van der Waals surface area contributed by atoms with Gasteiger partial charge in [0.05, 0.1) is 6.10 Å². The molecule has 3 N–H and O–H groups in total. The van der Waals surface area contributed by atoms with E-state index < -0.39 is 0 Å². The fourth-order valence-electron chi connectivity index (χ4n) is 2.23. The summed E-state index contributed by atoms with van der Waals surface area (Å²) in [5.41, 5.74) is 5.74. The van der Waals surface area contributed by atoms with Crippen molar-refractivity contribution in [2.45, 2.75) is 19.4 Å². The van der Waals surface area contributed by atoms with Crippen molar-refractivity contribution in [2.24, 2.45) is 5.92 Å². The van der Waals surface area contributed by atoms with Crippen LogP contribution in [-0.2, 0) is 0 Å². The number of rotatable bonds is 2. The number of nitrogens with two attached hydrogens (primary N) is 1. The van der Waals surface area contributed by atoms with Crippen molar-refractivity contribution in [1.82, 2.24) is 24.7 Å². The highest BCUT2D eigenvalue weighted by Gasteiger charge is 2.26. The third-order valence-corrected chi connectivity index (χ3v) is 3.54. The molecule has 20 heavy (non-hydrogen) atoms. The minimum absolute atomic E-state index is 0.147. The van der Waals surface area contributed by atoms with Crippen molar-refractivity contribution in [2.75, 3.05) is 23.7 Å². The highest BCUT2D eigenvalue weighted by Crippen LogP contribution is 2.21. The van der Waals surface area contributed by atoms with Gasteiger partial charge in [0.2, 0.25) is 11.9 Å². The van der Waals surface area contributed by atoms with Gasteiger partial charge < -0.3 is 15.7 Å². The smallest absolute Gasteiger partial charge is 0.257 e. The van der Waals surface area contributed by atoms with Gasteiger partial charge >= 0.3 is 0 Å². The van der Waals surface area contributed by atoms with Crippen LogP contribution in [0.3, 0.4) is 0 Å². The molecular formula is C12H17N7O. The van der Waals surface area contributed by atoms with E-state index in [1.165, 1.54) is 4.68 Å². The van der Waals surface area contributed by atoms with E-state index in [0.717, 1.165) is 13.0 Å². The molecule has 1 saturated heterocycles. The average molecular weight is 275 g/mol. The number of aliphatic hydroxyl groups is 1. The third-order valence-electron chi connectivity index (χ3n) is 3.54. The van der Waals surface area contributed by atoms with E-state index in [9.17, 15) is 5.11 Å². The molecule has 0 spiro atoms. The van der Waals surface area contributed by atoms with Crippen molar-refractivity contribution in [3.05, 3.63) is 18.5 Å². The number of β-amino-alcohol motifs (C(OH)–C–C–N with tert-alkyl or cyclic N) is 1. The topological polar surface area (TPSA) is 106 Å². The molecule has 0 radical (unpaired) electrons. The van der Waals surface area contributed by atoms with Crippen LogP contribution in [0.2, 0.25) is 0 Å². The third kappa shape index (κ3) is 2.42. The molecule has 2 unspecified atom stereocenters. The number of piperidine rings is 1. The van der Waals surface area contributed by atoms with Crippen LogP contribution in [0.25, 0.3) is 5.95 Å². The number of hydrogen-bond donors (Lipinski definition) is 2. The molecule has 1 aliphatic rings. The summed E-state index contributed by atoms with van der Waals surface area (Å²) in [4.78, 5) is 14.5. The van der Waals surface area contributed by atoms with Crippen molar-refractivity contribution >= 4 is 11.9 Å². The van der Waals surface area contributed by atoms with E-state index in [2.05, 4.69) is 20.1 Å². The molecule has 2 aromatic rings. The van der Waals surface area contributed by atoms with Crippen LogP contribution >= 0.6 is 0 Å². The van der Waals surface area contributed by atoms with Gasteiger partial charge in [0.1, 0.15) is 0 Å². The minimum atomic E-state index is -0.380. The lowest BCUT2D eigenvalue weighted by Crippen LogP contribution is -2.43. The van der Waals surface area contributed by atoms with Crippen molar-refractivity contribution in [1.29, 1.82) is 0 Å². The van der Waals surface area contributed by atoms with Crippen LogP contribution in [0, 0.1) is 5.92 Å². The van der Waals surface area contributed by atoms with Crippen LogP contribution in [0.4, 0.5) is 11.9 Å². The number of nitrogen functional groups attached to an aromatic ring is 1. The molecule has 3 heterocycles. The minimum Gasteiger partial charge on any atom is -0.391 e. The summed E-state index contributed by atoms with van der Waals surface area (Å²) >= 11 is 0. The van der Waals surface area contributed by atoms with Crippen molar-refractivity contribution < 1.29 is 5.11 Å². The van der Waals surface area contributed by atoms with E-state index in [1.54, 1.807) is 18.5 Å². The summed E-state index contributed by atoms with van der Waals surface area (Å²) < 4.78 is 1.53. The zero-order valence-electron chi connectivity index (χ0n) is 11.2. The second-order valence-corrected chi connectivity index (χ2v) is 5.02. The van der Waals surface area contributed by atoms with Crippen LogP contribution in [-0.4, -0.2) is 49.0 Å². The van der Waals surface area contributed by atoms with Crippen molar-refractivity contribution in [3.8, 4) is 5.95 Å². The molecular weight excluding hydrogens is 258 g/mol. The highest BCUT2D eigenvalue weighted by molar-refractivity contribution is 5.38. The monoisotopic (exact) mass is 275 g/mol. The quantitative estimate of drug-likeness (QED) is 0.784. The van der Waals surface area contributed by atoms with E-state index in [0.29, 0.717) is 18.4 Å². The van der Waals surface area contributed by atoms with Crippen LogP contribution in [0.15, 0.2) is 18.5 Å². The standard InChI is InChI=1S/C12H17N7O/c1-8-3-6-18(7-9(8)20)11-15-10(13)16-12(17-11)19-5-2-4-14-19/h2,4-5,8-9,20H,3,6-7H2,1H3,(H2,13,15,16,17). The van der Waals surface area contributed by atoms with Crippen LogP contribution in [0.1, 0.15) is 13.3 Å². The van der Waals surface area contributed by atoms with Gasteiger partial charge in [-0.1, -0.05) is 6.92 Å². The Morgan fingerprint density at radius 2 is 2.10 bits per heavy atom. The number of aromatic nitrogens is 5. The Morgan fingerprint density at radius 3 is 2.80 bits per heavy atom. The second-order valence-electron chi connectivity index (χ2n) is 5.02. The molecule has 8 nitrogen and oxygen atoms in total. The summed E-state index contributed by atoms with van der Waals surface area (Å²) in [5, 5.41) is 14.1. The number of anilines is 2. The zero-order chi connectivity index (χ0) is 14.1. The van der Waals surface area contributed by atoms with Crippen LogP contribution in [0.5, 0.6) is 0 Å². The SMILES string of the molecule is CC1CCN(c2nc(N)nc(-n3cccn3)n2)CC1O. The largest absolute Gasteiger partial charge is 0.391 e. The van der Waals surface area contributed by atoms with Gasteiger partial charge in [-0.25, -0.2) is 4.68 Å². The van der Waals surface area contributed by atoms with Gasteiger partial charge in [-0.2, -0.15) is 20.1 Å². The van der Waals surface area contributed by atoms with Gasteiger partial charge in [0.25, 0.3) is 5.95 Å². The van der Waals surface area contributed by atoms with Gasteiger partial charge in [-0.05, 0) is 18.4 Å². The molecule has 0 aromatic carbocycles. The molecule has 1 fully saturated rings. The van der Waals surface area contributed by atoms with E-state index in [4.69, 9.17) is 5.73 Å². The molecule has 106 valence electrons. The zero-order valence-corrected chi connectivity index (χ0v) is 11.2. The Bertz CT molecular complexity index is 585. The summed E-state index contributed by atoms with van der Waals surface area (Å²) in [6.07, 6.45) is 3.90. The number of hydrogen-bond acceptors (Lipinski definition) is 7. The Kier molecular flexibility index (Phi) is 3.23. The molecule has 2 aromatic heterocycles. The molecule has 0 aliphatic carbocycles. The Labute approximate surface area is 116 Å².